The second-order valence-corrected chi connectivity index (χ2v) is 13.4. The van der Waals surface area contributed by atoms with E-state index in [9.17, 15) is 4.79 Å². The van der Waals surface area contributed by atoms with E-state index in [1.807, 2.05) is 54.2 Å². The minimum atomic E-state index is -0.386. The second-order valence-electron chi connectivity index (χ2n) is 13.4. The predicted molar refractivity (Wildman–Crippen MR) is 169 cm³/mol. The normalized spacial score (nSPS) is 23.8. The Balaban J connectivity index is 1.14. The molecule has 5 aromatic heterocycles. The Kier molecular flexibility index (Phi) is 6.32. The van der Waals surface area contributed by atoms with Crippen LogP contribution in [0.4, 0.5) is 11.6 Å². The highest BCUT2D eigenvalue weighted by Gasteiger charge is 2.51. The molecule has 4 bridgehead atoms. The fourth-order valence-electron chi connectivity index (χ4n) is 8.87. The molecule has 0 atom stereocenters. The van der Waals surface area contributed by atoms with Crippen molar-refractivity contribution in [3.63, 3.8) is 0 Å². The van der Waals surface area contributed by atoms with Gasteiger partial charge in [-0.25, -0.2) is 19.7 Å². The first kappa shape index (κ1) is 27.0. The molecule has 44 heavy (non-hydrogen) atoms. The molecule has 9 heteroatoms. The summed E-state index contributed by atoms with van der Waals surface area (Å²) in [4.78, 5) is 27.2. The Hall–Kier alpha value is -4.53. The number of carbonyl (C=O) groups excluding carboxylic acids is 1. The van der Waals surface area contributed by atoms with Gasteiger partial charge >= 0.3 is 5.97 Å². The average Bonchev–Trinajstić information content (AvgIpc) is 3.60. The molecule has 9 rings (SSSR count). The summed E-state index contributed by atoms with van der Waals surface area (Å²) in [5.41, 5.74) is 6.10. The fraction of sp³-hybridized carbons (Fsp3) is 0.400. The molecule has 5 aromatic rings. The maximum absolute atomic E-state index is 13.3. The van der Waals surface area contributed by atoms with Crippen molar-refractivity contribution in [3.8, 4) is 16.8 Å². The van der Waals surface area contributed by atoms with E-state index in [1.54, 1.807) is 18.6 Å². The first-order chi connectivity index (χ1) is 21.4. The van der Waals surface area contributed by atoms with E-state index in [0.717, 1.165) is 69.4 Å². The monoisotopic (exact) mass is 587 g/mol. The lowest BCUT2D eigenvalue weighted by Gasteiger charge is -2.56. The van der Waals surface area contributed by atoms with Crippen molar-refractivity contribution in [2.75, 3.05) is 12.4 Å². The third kappa shape index (κ3) is 4.48. The molecule has 4 aliphatic rings. The Bertz CT molecular complexity index is 1850. The molecule has 0 radical (unpaired) electrons. The summed E-state index contributed by atoms with van der Waals surface area (Å²) in [5, 5.41) is 8.89. The van der Waals surface area contributed by atoms with Gasteiger partial charge < -0.3 is 10.1 Å². The highest BCUT2D eigenvalue weighted by Crippen LogP contribution is 2.60. The molecule has 4 saturated carbocycles. The van der Waals surface area contributed by atoms with Gasteiger partial charge in [-0.05, 0) is 105 Å². The minimum Gasteiger partial charge on any atom is -0.465 e. The van der Waals surface area contributed by atoms with E-state index in [-0.39, 0.29) is 5.97 Å². The summed E-state index contributed by atoms with van der Waals surface area (Å²) in [6, 6.07) is 9.69. The van der Waals surface area contributed by atoms with Crippen LogP contribution in [0.2, 0.25) is 0 Å². The van der Waals surface area contributed by atoms with E-state index >= 15 is 0 Å². The van der Waals surface area contributed by atoms with E-state index in [2.05, 4.69) is 26.9 Å². The second kappa shape index (κ2) is 10.3. The van der Waals surface area contributed by atoms with Gasteiger partial charge in [0, 0.05) is 47.3 Å². The Morgan fingerprint density at radius 3 is 2.43 bits per heavy atom. The third-order valence-electron chi connectivity index (χ3n) is 10.4. The number of hydrogen-bond acceptors (Lipinski definition) is 7. The number of nitrogens with zero attached hydrogens (tertiary/aromatic N) is 6. The Labute approximate surface area is 256 Å². The first-order valence-electron chi connectivity index (χ1n) is 15.7. The number of aromatic nitrogens is 6. The third-order valence-corrected chi connectivity index (χ3v) is 10.4. The summed E-state index contributed by atoms with van der Waals surface area (Å²) < 4.78 is 9.47. The molecule has 5 heterocycles. The van der Waals surface area contributed by atoms with Crippen LogP contribution in [-0.2, 0) is 11.3 Å². The molecule has 9 nitrogen and oxygen atoms in total. The van der Waals surface area contributed by atoms with Crippen molar-refractivity contribution in [1.29, 1.82) is 0 Å². The quantitative estimate of drug-likeness (QED) is 0.204. The topological polar surface area (TPSA) is 99.8 Å². The van der Waals surface area contributed by atoms with Crippen LogP contribution in [0.3, 0.4) is 0 Å². The van der Waals surface area contributed by atoms with Crippen molar-refractivity contribution in [2.24, 2.45) is 23.2 Å². The maximum Gasteiger partial charge on any atom is 0.339 e. The van der Waals surface area contributed by atoms with Crippen LogP contribution in [0.15, 0.2) is 61.3 Å². The van der Waals surface area contributed by atoms with Gasteiger partial charge in [0.15, 0.2) is 0 Å². The van der Waals surface area contributed by atoms with Crippen LogP contribution in [0, 0.1) is 37.0 Å². The van der Waals surface area contributed by atoms with E-state index < -0.39 is 0 Å². The first-order valence-corrected chi connectivity index (χ1v) is 15.7. The van der Waals surface area contributed by atoms with Gasteiger partial charge in [0.2, 0.25) is 0 Å². The smallest absolute Gasteiger partial charge is 0.339 e. The molecule has 4 fully saturated rings. The lowest BCUT2D eigenvalue weighted by Crippen LogP contribution is -2.48. The van der Waals surface area contributed by atoms with Crippen molar-refractivity contribution in [2.45, 2.75) is 58.9 Å². The molecule has 1 N–H and O–H groups in total. The number of methoxy groups -OCH3 is 1. The van der Waals surface area contributed by atoms with E-state index in [1.165, 1.54) is 45.6 Å². The molecule has 0 spiro atoms. The van der Waals surface area contributed by atoms with E-state index in [4.69, 9.17) is 14.8 Å². The van der Waals surface area contributed by atoms with Crippen LogP contribution in [0.5, 0.6) is 0 Å². The number of rotatable bonds is 7. The van der Waals surface area contributed by atoms with E-state index in [0.29, 0.717) is 16.6 Å². The van der Waals surface area contributed by atoms with Crippen LogP contribution < -0.4 is 5.32 Å². The number of nitrogens with one attached hydrogen (secondary N) is 1. The van der Waals surface area contributed by atoms with Gasteiger partial charge in [-0.2, -0.15) is 5.10 Å². The molecule has 224 valence electrons. The van der Waals surface area contributed by atoms with Crippen LogP contribution in [-0.4, -0.2) is 42.4 Å². The van der Waals surface area contributed by atoms with Gasteiger partial charge in [-0.3, -0.25) is 9.25 Å². The standard InChI is InChI=1S/C35H37N7O2/c1-21-10-26(17-37-32(21)40-30-6-4-5-8-36-30)41-9-7-27-31(34(43)44-3)29(18-38-33(27)41)28-19-39-42(22(28)2)20-35-14-23-11-24(15-35)13-25(12-23)16-35/h4-10,17-19,23-25H,11-16,20H2,1-3H3,(H,36,37,40). The average molecular weight is 588 g/mol. The molecule has 0 unspecified atom stereocenters. The van der Waals surface area contributed by atoms with Crippen molar-refractivity contribution < 1.29 is 9.53 Å². The lowest BCUT2D eigenvalue weighted by atomic mass is 9.49. The summed E-state index contributed by atoms with van der Waals surface area (Å²) in [6.45, 7) is 5.08. The largest absolute Gasteiger partial charge is 0.465 e. The molecular formula is C35H37N7O2. The number of hydrogen-bond donors (Lipinski definition) is 1. The van der Waals surface area contributed by atoms with Crippen molar-refractivity contribution in [3.05, 3.63) is 78.1 Å². The lowest BCUT2D eigenvalue weighted by molar-refractivity contribution is -0.0638. The summed E-state index contributed by atoms with van der Waals surface area (Å²) in [7, 11) is 1.43. The van der Waals surface area contributed by atoms with Crippen LogP contribution in [0.25, 0.3) is 27.8 Å². The van der Waals surface area contributed by atoms with Gasteiger partial charge in [-0.1, -0.05) is 6.07 Å². The number of aryl methyl sites for hydroxylation is 1. The SMILES string of the molecule is COC(=O)c1c(-c2cnn(CC34CC5CC(CC(C5)C3)C4)c2C)cnc2c1ccn2-c1cnc(Nc2ccccn2)c(C)c1. The number of fused-ring (bicyclic) bond motifs is 1. The zero-order valence-corrected chi connectivity index (χ0v) is 25.5. The van der Waals surface area contributed by atoms with Crippen LogP contribution in [0.1, 0.15) is 60.1 Å². The number of esters is 1. The molecule has 0 saturated heterocycles. The summed E-state index contributed by atoms with van der Waals surface area (Å²) in [5.74, 6) is 3.76. The molecule has 0 amide bonds. The number of anilines is 2. The number of pyridine rings is 3. The minimum absolute atomic E-state index is 0.363. The molecule has 0 aliphatic heterocycles. The number of carbonyl (C=O) groups is 1. The molecule has 4 aliphatic carbocycles. The van der Waals surface area contributed by atoms with Crippen molar-refractivity contribution >= 4 is 28.6 Å². The highest BCUT2D eigenvalue weighted by atomic mass is 16.5. The molecular weight excluding hydrogens is 550 g/mol. The maximum atomic E-state index is 13.3. The summed E-state index contributed by atoms with van der Waals surface area (Å²) in [6.07, 6.45) is 17.4. The highest BCUT2D eigenvalue weighted by molar-refractivity contribution is 6.09. The Morgan fingerprint density at radius 1 is 0.977 bits per heavy atom. The van der Waals surface area contributed by atoms with Gasteiger partial charge in [0.05, 0.1) is 30.8 Å². The summed E-state index contributed by atoms with van der Waals surface area (Å²) >= 11 is 0. The van der Waals surface area contributed by atoms with Gasteiger partial charge in [0.1, 0.15) is 17.3 Å². The van der Waals surface area contributed by atoms with Gasteiger partial charge in [0.25, 0.3) is 0 Å². The number of ether oxygens (including phenoxy) is 1. The van der Waals surface area contributed by atoms with Crippen molar-refractivity contribution in [1.82, 2.24) is 29.3 Å². The zero-order chi connectivity index (χ0) is 30.0. The Morgan fingerprint density at radius 2 is 1.75 bits per heavy atom. The van der Waals surface area contributed by atoms with Crippen LogP contribution >= 0.6 is 0 Å². The molecule has 0 aromatic carbocycles. The zero-order valence-electron chi connectivity index (χ0n) is 25.5. The fourth-order valence-corrected chi connectivity index (χ4v) is 8.87. The predicted octanol–water partition coefficient (Wildman–Crippen LogP) is 7.04. The van der Waals surface area contributed by atoms with Gasteiger partial charge in [-0.15, -0.1) is 0 Å².